The highest BCUT2D eigenvalue weighted by molar-refractivity contribution is 5.79. The zero-order chi connectivity index (χ0) is 13.8. The molecule has 104 valence electrons. The standard InChI is InChI=1S/C15H22N2O2/c1-11-10-17(8-7-13(11)16)15(18)9-12-5-3-4-6-14(12)19-2/h3-6,11,13H,7-10,16H2,1-2H3. The molecule has 0 aliphatic carbocycles. The molecule has 1 aromatic carbocycles. The van der Waals surface area contributed by atoms with Crippen LogP contribution in [0.15, 0.2) is 24.3 Å². The van der Waals surface area contributed by atoms with E-state index in [9.17, 15) is 4.79 Å². The maximum absolute atomic E-state index is 12.3. The monoisotopic (exact) mass is 262 g/mol. The summed E-state index contributed by atoms with van der Waals surface area (Å²) in [5.74, 6) is 1.30. The number of nitrogens with zero attached hydrogens (tertiary/aromatic N) is 1. The second kappa shape index (κ2) is 6.06. The molecule has 1 aliphatic rings. The topological polar surface area (TPSA) is 55.6 Å². The lowest BCUT2D eigenvalue weighted by atomic mass is 9.94. The Hall–Kier alpha value is -1.55. The van der Waals surface area contributed by atoms with E-state index in [2.05, 4.69) is 6.92 Å². The second-order valence-electron chi connectivity index (χ2n) is 5.26. The maximum atomic E-state index is 12.3. The Labute approximate surface area is 114 Å². The lowest BCUT2D eigenvalue weighted by molar-refractivity contribution is -0.132. The molecule has 0 radical (unpaired) electrons. The molecule has 0 bridgehead atoms. The van der Waals surface area contributed by atoms with Gasteiger partial charge in [0.15, 0.2) is 0 Å². The van der Waals surface area contributed by atoms with Crippen LogP contribution in [0.25, 0.3) is 0 Å². The van der Waals surface area contributed by atoms with E-state index in [1.165, 1.54) is 0 Å². The van der Waals surface area contributed by atoms with Crippen LogP contribution in [0, 0.1) is 5.92 Å². The quantitative estimate of drug-likeness (QED) is 0.896. The number of benzene rings is 1. The van der Waals surface area contributed by atoms with Gasteiger partial charge in [0, 0.05) is 24.7 Å². The van der Waals surface area contributed by atoms with Crippen molar-refractivity contribution >= 4 is 5.91 Å². The molecule has 2 atom stereocenters. The summed E-state index contributed by atoms with van der Waals surface area (Å²) in [6.07, 6.45) is 1.28. The molecule has 19 heavy (non-hydrogen) atoms. The largest absolute Gasteiger partial charge is 0.496 e. The van der Waals surface area contributed by atoms with E-state index in [1.807, 2.05) is 29.2 Å². The van der Waals surface area contributed by atoms with Crippen molar-refractivity contribution in [2.75, 3.05) is 20.2 Å². The van der Waals surface area contributed by atoms with Crippen LogP contribution in [0.4, 0.5) is 0 Å². The Morgan fingerprint density at radius 3 is 2.89 bits per heavy atom. The highest BCUT2D eigenvalue weighted by Gasteiger charge is 2.26. The minimum absolute atomic E-state index is 0.156. The van der Waals surface area contributed by atoms with Gasteiger partial charge >= 0.3 is 0 Å². The summed E-state index contributed by atoms with van der Waals surface area (Å²) in [6.45, 7) is 3.63. The van der Waals surface area contributed by atoms with Crippen molar-refractivity contribution in [3.63, 3.8) is 0 Å². The molecular weight excluding hydrogens is 240 g/mol. The molecule has 0 saturated carbocycles. The molecule has 2 rings (SSSR count). The normalized spacial score (nSPS) is 23.2. The predicted molar refractivity (Wildman–Crippen MR) is 75.0 cm³/mol. The van der Waals surface area contributed by atoms with Gasteiger partial charge in [-0.25, -0.2) is 0 Å². The van der Waals surface area contributed by atoms with Gasteiger partial charge in [-0.2, -0.15) is 0 Å². The van der Waals surface area contributed by atoms with Crippen molar-refractivity contribution in [1.82, 2.24) is 4.90 Å². The first-order chi connectivity index (χ1) is 9.11. The molecule has 1 aliphatic heterocycles. The summed E-state index contributed by atoms with van der Waals surface area (Å²) >= 11 is 0. The fourth-order valence-electron chi connectivity index (χ4n) is 2.51. The lowest BCUT2D eigenvalue weighted by Gasteiger charge is -2.35. The number of hydrogen-bond donors (Lipinski definition) is 1. The molecule has 4 nitrogen and oxygen atoms in total. The Kier molecular flexibility index (Phi) is 4.43. The third-order valence-corrected chi connectivity index (χ3v) is 3.86. The summed E-state index contributed by atoms with van der Waals surface area (Å²) in [5.41, 5.74) is 6.92. The lowest BCUT2D eigenvalue weighted by Crippen LogP contribution is -2.48. The van der Waals surface area contributed by atoms with E-state index in [-0.39, 0.29) is 11.9 Å². The highest BCUT2D eigenvalue weighted by Crippen LogP contribution is 2.20. The van der Waals surface area contributed by atoms with Gasteiger partial charge in [0.1, 0.15) is 5.75 Å². The fourth-order valence-corrected chi connectivity index (χ4v) is 2.51. The van der Waals surface area contributed by atoms with E-state index >= 15 is 0 Å². The zero-order valence-electron chi connectivity index (χ0n) is 11.6. The van der Waals surface area contributed by atoms with E-state index < -0.39 is 0 Å². The van der Waals surface area contributed by atoms with Crippen LogP contribution >= 0.6 is 0 Å². The molecule has 1 saturated heterocycles. The van der Waals surface area contributed by atoms with E-state index in [0.29, 0.717) is 12.3 Å². The van der Waals surface area contributed by atoms with Crippen LogP contribution in [-0.4, -0.2) is 37.0 Å². The van der Waals surface area contributed by atoms with E-state index in [4.69, 9.17) is 10.5 Å². The van der Waals surface area contributed by atoms with Crippen LogP contribution in [0.5, 0.6) is 5.75 Å². The number of rotatable bonds is 3. The Balaban J connectivity index is 2.01. The zero-order valence-corrected chi connectivity index (χ0v) is 11.6. The maximum Gasteiger partial charge on any atom is 0.227 e. The number of hydrogen-bond acceptors (Lipinski definition) is 3. The molecule has 1 amide bonds. The number of likely N-dealkylation sites (tertiary alicyclic amines) is 1. The van der Waals surface area contributed by atoms with Gasteiger partial charge < -0.3 is 15.4 Å². The fraction of sp³-hybridized carbons (Fsp3) is 0.533. The summed E-state index contributed by atoms with van der Waals surface area (Å²) in [4.78, 5) is 14.2. The van der Waals surface area contributed by atoms with E-state index in [1.54, 1.807) is 7.11 Å². The number of para-hydroxylation sites is 1. The first-order valence-corrected chi connectivity index (χ1v) is 6.77. The number of nitrogens with two attached hydrogens (primary N) is 1. The van der Waals surface area contributed by atoms with Gasteiger partial charge in [0.25, 0.3) is 0 Å². The minimum Gasteiger partial charge on any atom is -0.496 e. The van der Waals surface area contributed by atoms with Gasteiger partial charge in [-0.1, -0.05) is 25.1 Å². The summed E-state index contributed by atoms with van der Waals surface area (Å²) in [6, 6.07) is 7.89. The summed E-state index contributed by atoms with van der Waals surface area (Å²) in [5, 5.41) is 0. The molecule has 0 spiro atoms. The van der Waals surface area contributed by atoms with Crippen LogP contribution < -0.4 is 10.5 Å². The Bertz CT molecular complexity index is 448. The molecule has 2 unspecified atom stereocenters. The van der Waals surface area contributed by atoms with Crippen LogP contribution in [0.3, 0.4) is 0 Å². The van der Waals surface area contributed by atoms with Crippen LogP contribution in [0.1, 0.15) is 18.9 Å². The average Bonchev–Trinajstić information content (AvgIpc) is 2.42. The number of piperidine rings is 1. The van der Waals surface area contributed by atoms with Crippen molar-refractivity contribution in [1.29, 1.82) is 0 Å². The van der Waals surface area contributed by atoms with Gasteiger partial charge in [-0.05, 0) is 18.4 Å². The SMILES string of the molecule is COc1ccccc1CC(=O)N1CCC(N)C(C)C1. The van der Waals surface area contributed by atoms with Crippen molar-refractivity contribution < 1.29 is 9.53 Å². The van der Waals surface area contributed by atoms with Gasteiger partial charge in [-0.3, -0.25) is 4.79 Å². The Morgan fingerprint density at radius 1 is 1.47 bits per heavy atom. The first kappa shape index (κ1) is 13.9. The van der Waals surface area contributed by atoms with Crippen molar-refractivity contribution in [3.8, 4) is 5.75 Å². The Morgan fingerprint density at radius 2 is 2.21 bits per heavy atom. The molecule has 2 N–H and O–H groups in total. The van der Waals surface area contributed by atoms with E-state index in [0.717, 1.165) is 30.8 Å². The number of carbonyl (C=O) groups is 1. The number of ether oxygens (including phenoxy) is 1. The number of amides is 1. The third-order valence-electron chi connectivity index (χ3n) is 3.86. The molecule has 1 aromatic rings. The molecule has 1 fully saturated rings. The van der Waals surface area contributed by atoms with Gasteiger partial charge in [0.05, 0.1) is 13.5 Å². The average molecular weight is 262 g/mol. The first-order valence-electron chi connectivity index (χ1n) is 6.77. The van der Waals surface area contributed by atoms with Crippen LogP contribution in [-0.2, 0) is 11.2 Å². The van der Waals surface area contributed by atoms with Gasteiger partial charge in [-0.15, -0.1) is 0 Å². The highest BCUT2D eigenvalue weighted by atomic mass is 16.5. The molecule has 0 aromatic heterocycles. The molecule has 1 heterocycles. The summed E-state index contributed by atoms with van der Waals surface area (Å²) in [7, 11) is 1.63. The second-order valence-corrected chi connectivity index (χ2v) is 5.26. The summed E-state index contributed by atoms with van der Waals surface area (Å²) < 4.78 is 5.28. The van der Waals surface area contributed by atoms with Gasteiger partial charge in [0.2, 0.25) is 5.91 Å². The van der Waals surface area contributed by atoms with Crippen molar-refractivity contribution in [2.45, 2.75) is 25.8 Å². The smallest absolute Gasteiger partial charge is 0.227 e. The number of methoxy groups -OCH3 is 1. The van der Waals surface area contributed by atoms with Crippen molar-refractivity contribution in [2.24, 2.45) is 11.7 Å². The predicted octanol–water partition coefficient (Wildman–Crippen LogP) is 1.43. The third kappa shape index (κ3) is 3.26. The molecular formula is C15H22N2O2. The van der Waals surface area contributed by atoms with Crippen molar-refractivity contribution in [3.05, 3.63) is 29.8 Å². The minimum atomic E-state index is 0.156. The number of carbonyl (C=O) groups excluding carboxylic acids is 1. The molecule has 4 heteroatoms. The van der Waals surface area contributed by atoms with Crippen LogP contribution in [0.2, 0.25) is 0 Å².